The molecule has 0 atom stereocenters. The van der Waals surface area contributed by atoms with Gasteiger partial charge in [-0.2, -0.15) is 5.10 Å². The van der Waals surface area contributed by atoms with Gasteiger partial charge in [-0.05, 0) is 46.5 Å². The molecule has 20 heavy (non-hydrogen) atoms. The molecule has 0 spiro atoms. The second-order valence-electron chi connectivity index (χ2n) is 5.40. The largest absolute Gasteiger partial charge is 0.367 e. The highest BCUT2D eigenvalue weighted by Crippen LogP contribution is 2.35. The number of halogens is 1. The summed E-state index contributed by atoms with van der Waals surface area (Å²) in [5.74, 6) is 0.147. The highest BCUT2D eigenvalue weighted by atomic mass is 35.5. The molecular weight excluding hydrogens is 276 g/mol. The van der Waals surface area contributed by atoms with E-state index in [1.165, 1.54) is 0 Å². The van der Waals surface area contributed by atoms with Crippen LogP contribution in [0.25, 0.3) is 0 Å². The Bertz CT molecular complexity index is 490. The Hall–Kier alpha value is -0.870. The Balaban J connectivity index is 2.22. The quantitative estimate of drug-likeness (QED) is 0.809. The van der Waals surface area contributed by atoms with Gasteiger partial charge in [-0.15, -0.1) is 0 Å². The summed E-state index contributed by atoms with van der Waals surface area (Å²) in [7, 11) is 0. The van der Waals surface area contributed by atoms with Gasteiger partial charge in [0.2, 0.25) is 0 Å². The summed E-state index contributed by atoms with van der Waals surface area (Å²) in [5, 5.41) is 4.98. The van der Waals surface area contributed by atoms with Gasteiger partial charge in [0.25, 0.3) is 0 Å². The fourth-order valence-corrected chi connectivity index (χ4v) is 3.28. The van der Waals surface area contributed by atoms with Crippen molar-refractivity contribution in [3.63, 3.8) is 0 Å². The van der Waals surface area contributed by atoms with Crippen molar-refractivity contribution in [2.24, 2.45) is 0 Å². The molecule has 1 aliphatic carbocycles. The highest BCUT2D eigenvalue weighted by Gasteiger charge is 2.42. The number of hydrogen-bond acceptors (Lipinski definition) is 3. The van der Waals surface area contributed by atoms with Crippen molar-refractivity contribution >= 4 is 17.4 Å². The van der Waals surface area contributed by atoms with Crippen molar-refractivity contribution in [2.75, 3.05) is 6.61 Å². The number of ketones is 1. The van der Waals surface area contributed by atoms with Gasteiger partial charge in [-0.25, -0.2) is 0 Å². The van der Waals surface area contributed by atoms with E-state index in [0.717, 1.165) is 43.6 Å². The van der Waals surface area contributed by atoms with Crippen LogP contribution in [-0.2, 0) is 22.5 Å². The van der Waals surface area contributed by atoms with Crippen molar-refractivity contribution in [2.45, 2.75) is 65.0 Å². The van der Waals surface area contributed by atoms with Crippen LogP contribution >= 0.6 is 11.6 Å². The molecule has 0 unspecified atom stereocenters. The SMILES string of the molecule is CCOC1(C(=O)Cc2c(Cl)c(C)nn2CC)CCCC1. The van der Waals surface area contributed by atoms with E-state index in [0.29, 0.717) is 18.1 Å². The van der Waals surface area contributed by atoms with E-state index in [2.05, 4.69) is 5.10 Å². The second kappa shape index (κ2) is 6.27. The summed E-state index contributed by atoms with van der Waals surface area (Å²) in [4.78, 5) is 12.7. The van der Waals surface area contributed by atoms with Gasteiger partial charge < -0.3 is 4.74 Å². The standard InChI is InChI=1S/C15H23ClN2O2/c1-4-18-12(14(16)11(3)17-18)10-13(19)15(20-5-2)8-6-7-9-15/h4-10H2,1-3H3. The predicted octanol–water partition coefficient (Wildman–Crippen LogP) is 3.33. The van der Waals surface area contributed by atoms with Gasteiger partial charge in [0.1, 0.15) is 5.60 Å². The lowest BCUT2D eigenvalue weighted by Crippen LogP contribution is -2.40. The maximum absolute atomic E-state index is 12.7. The van der Waals surface area contributed by atoms with Gasteiger partial charge in [0.05, 0.1) is 22.8 Å². The highest BCUT2D eigenvalue weighted by molar-refractivity contribution is 6.32. The third-order valence-corrected chi connectivity index (χ3v) is 4.61. The topological polar surface area (TPSA) is 44.1 Å². The summed E-state index contributed by atoms with van der Waals surface area (Å²) in [6.45, 7) is 7.12. The summed E-state index contributed by atoms with van der Waals surface area (Å²) in [6.07, 6.45) is 4.09. The zero-order valence-corrected chi connectivity index (χ0v) is 13.3. The van der Waals surface area contributed by atoms with Crippen molar-refractivity contribution in [3.05, 3.63) is 16.4 Å². The first kappa shape index (κ1) is 15.5. The molecule has 1 aromatic rings. The number of rotatable bonds is 6. The average molecular weight is 299 g/mol. The number of carbonyl (C=O) groups excluding carboxylic acids is 1. The minimum Gasteiger partial charge on any atom is -0.367 e. The van der Waals surface area contributed by atoms with Crippen LogP contribution in [0.2, 0.25) is 5.02 Å². The first-order chi connectivity index (χ1) is 9.54. The molecule has 0 amide bonds. The zero-order chi connectivity index (χ0) is 14.8. The van der Waals surface area contributed by atoms with Gasteiger partial charge in [-0.1, -0.05) is 11.6 Å². The molecule has 0 aromatic carbocycles. The van der Waals surface area contributed by atoms with E-state index in [1.807, 2.05) is 25.5 Å². The fourth-order valence-electron chi connectivity index (χ4n) is 3.08. The summed E-state index contributed by atoms with van der Waals surface area (Å²) in [5.41, 5.74) is 1.02. The van der Waals surface area contributed by atoms with Crippen LogP contribution in [0.15, 0.2) is 0 Å². The molecule has 1 fully saturated rings. The van der Waals surface area contributed by atoms with Crippen LogP contribution in [0.5, 0.6) is 0 Å². The van der Waals surface area contributed by atoms with Crippen molar-refractivity contribution in [1.29, 1.82) is 0 Å². The molecule has 0 bridgehead atoms. The molecule has 112 valence electrons. The van der Waals surface area contributed by atoms with E-state index >= 15 is 0 Å². The molecule has 5 heteroatoms. The van der Waals surface area contributed by atoms with Gasteiger partial charge in [-0.3, -0.25) is 9.48 Å². The van der Waals surface area contributed by atoms with Crippen LogP contribution in [0.4, 0.5) is 0 Å². The Kier molecular flexibility index (Phi) is 4.86. The van der Waals surface area contributed by atoms with Crippen molar-refractivity contribution < 1.29 is 9.53 Å². The van der Waals surface area contributed by atoms with Crippen LogP contribution in [-0.4, -0.2) is 27.8 Å². The lowest BCUT2D eigenvalue weighted by molar-refractivity contribution is -0.143. The van der Waals surface area contributed by atoms with Gasteiger partial charge in [0, 0.05) is 13.2 Å². The number of hydrogen-bond donors (Lipinski definition) is 0. The smallest absolute Gasteiger partial charge is 0.170 e. The molecule has 0 aliphatic heterocycles. The van der Waals surface area contributed by atoms with Gasteiger partial charge >= 0.3 is 0 Å². The van der Waals surface area contributed by atoms with E-state index in [9.17, 15) is 4.79 Å². The molecule has 1 aliphatic rings. The number of aryl methyl sites for hydroxylation is 2. The molecule has 2 rings (SSSR count). The van der Waals surface area contributed by atoms with Crippen LogP contribution < -0.4 is 0 Å². The number of aromatic nitrogens is 2. The molecule has 4 nitrogen and oxygen atoms in total. The minimum absolute atomic E-state index is 0.147. The third kappa shape index (κ3) is 2.77. The fraction of sp³-hybridized carbons (Fsp3) is 0.733. The maximum atomic E-state index is 12.7. The molecule has 1 heterocycles. The Labute approximate surface area is 125 Å². The molecule has 0 N–H and O–H groups in total. The zero-order valence-electron chi connectivity index (χ0n) is 12.5. The normalized spacial score (nSPS) is 17.6. The summed E-state index contributed by atoms with van der Waals surface area (Å²) in [6, 6.07) is 0. The Morgan fingerprint density at radius 3 is 2.60 bits per heavy atom. The maximum Gasteiger partial charge on any atom is 0.170 e. The molecule has 0 radical (unpaired) electrons. The minimum atomic E-state index is -0.588. The van der Waals surface area contributed by atoms with E-state index in [1.54, 1.807) is 0 Å². The van der Waals surface area contributed by atoms with E-state index in [-0.39, 0.29) is 5.78 Å². The second-order valence-corrected chi connectivity index (χ2v) is 5.77. The Morgan fingerprint density at radius 2 is 2.05 bits per heavy atom. The molecule has 1 saturated carbocycles. The summed E-state index contributed by atoms with van der Waals surface area (Å²) >= 11 is 6.29. The molecular formula is C15H23ClN2O2. The number of nitrogens with zero attached hydrogens (tertiary/aromatic N) is 2. The lowest BCUT2D eigenvalue weighted by Gasteiger charge is -2.27. The van der Waals surface area contributed by atoms with Gasteiger partial charge in [0.15, 0.2) is 5.78 Å². The van der Waals surface area contributed by atoms with E-state index in [4.69, 9.17) is 16.3 Å². The third-order valence-electron chi connectivity index (χ3n) is 4.12. The monoisotopic (exact) mass is 298 g/mol. The van der Waals surface area contributed by atoms with Crippen LogP contribution in [0.1, 0.15) is 50.9 Å². The number of Topliss-reactive ketones (excluding diaryl/α,β-unsaturated/α-hetero) is 1. The van der Waals surface area contributed by atoms with Crippen molar-refractivity contribution in [3.8, 4) is 0 Å². The number of ether oxygens (including phenoxy) is 1. The average Bonchev–Trinajstić information content (AvgIpc) is 3.00. The van der Waals surface area contributed by atoms with Crippen LogP contribution in [0, 0.1) is 6.92 Å². The lowest BCUT2D eigenvalue weighted by atomic mass is 9.92. The summed E-state index contributed by atoms with van der Waals surface area (Å²) < 4.78 is 7.65. The first-order valence-corrected chi connectivity index (χ1v) is 7.81. The first-order valence-electron chi connectivity index (χ1n) is 7.43. The molecule has 0 saturated heterocycles. The number of carbonyl (C=O) groups is 1. The predicted molar refractivity (Wildman–Crippen MR) is 79.2 cm³/mol. The Morgan fingerprint density at radius 1 is 1.40 bits per heavy atom. The van der Waals surface area contributed by atoms with Crippen molar-refractivity contribution in [1.82, 2.24) is 9.78 Å². The van der Waals surface area contributed by atoms with Crippen LogP contribution in [0.3, 0.4) is 0 Å². The van der Waals surface area contributed by atoms with E-state index < -0.39 is 5.60 Å². The molecule has 1 aromatic heterocycles.